The molecule has 0 bridgehead atoms. The normalized spacial score (nSPS) is 25.2. The molecule has 2 atom stereocenters. The number of rotatable bonds is 5. The summed E-state index contributed by atoms with van der Waals surface area (Å²) < 4.78 is 5.49. The van der Waals surface area contributed by atoms with Crippen molar-refractivity contribution in [1.82, 2.24) is 5.32 Å². The number of para-hydroxylation sites is 1. The molecule has 1 saturated carbocycles. The minimum atomic E-state index is 0.372. The Morgan fingerprint density at radius 2 is 1.94 bits per heavy atom. The molecule has 1 N–H and O–H groups in total. The van der Waals surface area contributed by atoms with E-state index in [1.807, 2.05) is 6.07 Å². The van der Waals surface area contributed by atoms with Crippen LogP contribution in [0.5, 0.6) is 5.75 Å². The van der Waals surface area contributed by atoms with E-state index in [1.54, 1.807) is 7.11 Å². The first kappa shape index (κ1) is 13.4. The van der Waals surface area contributed by atoms with Crippen LogP contribution < -0.4 is 10.1 Å². The van der Waals surface area contributed by atoms with Gasteiger partial charge in [0.2, 0.25) is 0 Å². The Bertz CT molecular complexity index is 411. The molecule has 1 aliphatic carbocycles. The van der Waals surface area contributed by atoms with Crippen LogP contribution >= 0.6 is 0 Å². The molecule has 0 spiro atoms. The molecule has 2 heteroatoms. The van der Waals surface area contributed by atoms with Gasteiger partial charge in [0.25, 0.3) is 0 Å². The Morgan fingerprint density at radius 3 is 2.56 bits per heavy atom. The largest absolute Gasteiger partial charge is 0.496 e. The highest BCUT2D eigenvalue weighted by Gasteiger charge is 2.58. The quantitative estimate of drug-likeness (QED) is 0.860. The van der Waals surface area contributed by atoms with E-state index in [0.717, 1.165) is 12.3 Å². The molecule has 1 fully saturated rings. The predicted octanol–water partition coefficient (Wildman–Crippen LogP) is 3.43. The highest BCUT2D eigenvalue weighted by Crippen LogP contribution is 2.65. The van der Waals surface area contributed by atoms with Gasteiger partial charge in [-0.25, -0.2) is 0 Å². The van der Waals surface area contributed by atoms with Crippen LogP contribution in [-0.4, -0.2) is 19.7 Å². The molecule has 0 aliphatic heterocycles. The van der Waals surface area contributed by atoms with E-state index in [0.29, 0.717) is 23.3 Å². The van der Waals surface area contributed by atoms with E-state index in [2.05, 4.69) is 51.2 Å². The smallest absolute Gasteiger partial charge is 0.122 e. The zero-order valence-electron chi connectivity index (χ0n) is 12.2. The second kappa shape index (κ2) is 4.93. The van der Waals surface area contributed by atoms with Gasteiger partial charge in [0.15, 0.2) is 0 Å². The summed E-state index contributed by atoms with van der Waals surface area (Å²) in [4.78, 5) is 0. The van der Waals surface area contributed by atoms with Gasteiger partial charge in [-0.2, -0.15) is 0 Å². The summed E-state index contributed by atoms with van der Waals surface area (Å²) in [7, 11) is 1.76. The van der Waals surface area contributed by atoms with Crippen molar-refractivity contribution < 1.29 is 4.74 Å². The molecular weight excluding hydrogens is 222 g/mol. The lowest BCUT2D eigenvalue weighted by Crippen LogP contribution is -2.26. The van der Waals surface area contributed by atoms with E-state index in [-0.39, 0.29) is 0 Å². The third kappa shape index (κ3) is 2.39. The van der Waals surface area contributed by atoms with Gasteiger partial charge in [-0.1, -0.05) is 45.9 Å². The van der Waals surface area contributed by atoms with Gasteiger partial charge >= 0.3 is 0 Å². The van der Waals surface area contributed by atoms with Crippen molar-refractivity contribution in [2.75, 3.05) is 13.7 Å². The van der Waals surface area contributed by atoms with Crippen molar-refractivity contribution >= 4 is 0 Å². The first-order valence-corrected chi connectivity index (χ1v) is 6.84. The molecular formula is C16H25NO. The number of ether oxygens (including phenoxy) is 1. The second-order valence-corrected chi connectivity index (χ2v) is 6.21. The van der Waals surface area contributed by atoms with E-state index in [4.69, 9.17) is 4.74 Å². The predicted molar refractivity (Wildman–Crippen MR) is 76.1 cm³/mol. The van der Waals surface area contributed by atoms with Crippen LogP contribution in [0, 0.1) is 11.3 Å². The summed E-state index contributed by atoms with van der Waals surface area (Å²) in [5.41, 5.74) is 1.73. The average Bonchev–Trinajstić information content (AvgIpc) is 2.88. The summed E-state index contributed by atoms with van der Waals surface area (Å²) in [5, 5.41) is 3.56. The topological polar surface area (TPSA) is 21.3 Å². The third-order valence-corrected chi connectivity index (χ3v) is 4.27. The molecule has 0 amide bonds. The lowest BCUT2D eigenvalue weighted by atomic mass is 10.0. The van der Waals surface area contributed by atoms with Gasteiger partial charge in [0.1, 0.15) is 5.75 Å². The molecule has 0 heterocycles. The van der Waals surface area contributed by atoms with Crippen LogP contribution in [0.2, 0.25) is 0 Å². The zero-order valence-corrected chi connectivity index (χ0v) is 12.2. The number of benzene rings is 1. The van der Waals surface area contributed by atoms with Crippen LogP contribution in [0.3, 0.4) is 0 Å². The van der Waals surface area contributed by atoms with Crippen molar-refractivity contribution in [3.8, 4) is 5.75 Å². The molecule has 0 radical (unpaired) electrons. The molecule has 2 nitrogen and oxygen atoms in total. The van der Waals surface area contributed by atoms with Gasteiger partial charge in [0.05, 0.1) is 7.11 Å². The molecule has 100 valence electrons. The van der Waals surface area contributed by atoms with Crippen molar-refractivity contribution in [3.05, 3.63) is 29.8 Å². The Morgan fingerprint density at radius 1 is 1.28 bits per heavy atom. The fourth-order valence-corrected chi connectivity index (χ4v) is 3.03. The highest BCUT2D eigenvalue weighted by molar-refractivity contribution is 5.42. The molecule has 0 aromatic heterocycles. The lowest BCUT2D eigenvalue weighted by molar-refractivity contribution is 0.407. The van der Waals surface area contributed by atoms with Gasteiger partial charge < -0.3 is 10.1 Å². The van der Waals surface area contributed by atoms with Gasteiger partial charge in [0, 0.05) is 6.04 Å². The Kier molecular flexibility index (Phi) is 3.67. The minimum Gasteiger partial charge on any atom is -0.496 e. The van der Waals surface area contributed by atoms with Crippen LogP contribution in [0.4, 0.5) is 0 Å². The molecule has 2 unspecified atom stereocenters. The maximum atomic E-state index is 5.49. The van der Waals surface area contributed by atoms with E-state index >= 15 is 0 Å². The fraction of sp³-hybridized carbons (Fsp3) is 0.625. The van der Waals surface area contributed by atoms with Crippen molar-refractivity contribution in [3.63, 3.8) is 0 Å². The summed E-state index contributed by atoms with van der Waals surface area (Å²) >= 11 is 0. The molecule has 2 rings (SSSR count). The Labute approximate surface area is 111 Å². The minimum absolute atomic E-state index is 0.372. The fourth-order valence-electron chi connectivity index (χ4n) is 3.03. The molecule has 18 heavy (non-hydrogen) atoms. The monoisotopic (exact) mass is 247 g/mol. The van der Waals surface area contributed by atoms with E-state index in [1.165, 1.54) is 5.56 Å². The highest BCUT2D eigenvalue weighted by atomic mass is 16.5. The Hall–Kier alpha value is -1.02. The number of nitrogens with one attached hydrogen (secondary N) is 1. The molecule has 1 aliphatic rings. The molecule has 1 aromatic rings. The summed E-state index contributed by atoms with van der Waals surface area (Å²) in [6, 6.07) is 8.98. The standard InChI is InChI=1S/C16H25NO/c1-11(2)17-10-13-15(16(13,3)4)12-8-6-7-9-14(12)18-5/h6-9,11,13,15,17H,10H2,1-5H3. The number of hydrogen-bond donors (Lipinski definition) is 1. The van der Waals surface area contributed by atoms with Crippen LogP contribution in [0.15, 0.2) is 24.3 Å². The number of hydrogen-bond acceptors (Lipinski definition) is 2. The first-order chi connectivity index (χ1) is 8.48. The van der Waals surface area contributed by atoms with Crippen molar-refractivity contribution in [1.29, 1.82) is 0 Å². The van der Waals surface area contributed by atoms with Crippen LogP contribution in [0.1, 0.15) is 39.2 Å². The lowest BCUT2D eigenvalue weighted by Gasteiger charge is -2.09. The number of methoxy groups -OCH3 is 1. The summed E-state index contributed by atoms with van der Waals surface area (Å²) in [5.74, 6) is 2.35. The van der Waals surface area contributed by atoms with Gasteiger partial charge in [-0.05, 0) is 35.4 Å². The van der Waals surface area contributed by atoms with E-state index < -0.39 is 0 Å². The molecule has 0 saturated heterocycles. The SMILES string of the molecule is COc1ccccc1C1C(CNC(C)C)C1(C)C. The molecule has 1 aromatic carbocycles. The maximum Gasteiger partial charge on any atom is 0.122 e. The van der Waals surface area contributed by atoms with E-state index in [9.17, 15) is 0 Å². The summed E-state index contributed by atoms with van der Waals surface area (Å²) in [6.07, 6.45) is 0. The maximum absolute atomic E-state index is 5.49. The second-order valence-electron chi connectivity index (χ2n) is 6.21. The summed E-state index contributed by atoms with van der Waals surface area (Å²) in [6.45, 7) is 10.2. The zero-order chi connectivity index (χ0) is 13.3. The van der Waals surface area contributed by atoms with Crippen LogP contribution in [0.25, 0.3) is 0 Å². The first-order valence-electron chi connectivity index (χ1n) is 6.84. The van der Waals surface area contributed by atoms with Crippen molar-refractivity contribution in [2.24, 2.45) is 11.3 Å². The third-order valence-electron chi connectivity index (χ3n) is 4.27. The van der Waals surface area contributed by atoms with Crippen LogP contribution in [-0.2, 0) is 0 Å². The average molecular weight is 247 g/mol. The Balaban J connectivity index is 2.14. The van der Waals surface area contributed by atoms with Gasteiger partial charge in [-0.3, -0.25) is 0 Å². The van der Waals surface area contributed by atoms with Gasteiger partial charge in [-0.15, -0.1) is 0 Å². The van der Waals surface area contributed by atoms with Crippen molar-refractivity contribution in [2.45, 2.75) is 39.7 Å².